The van der Waals surface area contributed by atoms with Gasteiger partial charge in [-0.05, 0) is 55.2 Å². The zero-order valence-electron chi connectivity index (χ0n) is 17.7. The normalized spacial score (nSPS) is 12.2. The lowest BCUT2D eigenvalue weighted by molar-refractivity contribution is -0.148. The van der Waals surface area contributed by atoms with E-state index in [1.807, 2.05) is 6.92 Å². The molecule has 0 fully saturated rings. The molecular formula is C23H26F3NO4. The number of methoxy groups -OCH3 is 1. The molecule has 0 bridgehead atoms. The number of nitrogens with one attached hydrogen (secondary N) is 1. The summed E-state index contributed by atoms with van der Waals surface area (Å²) in [5.41, 5.74) is 0.547. The molecule has 0 saturated heterocycles. The highest BCUT2D eigenvalue weighted by Gasteiger charge is 2.30. The van der Waals surface area contributed by atoms with Crippen molar-refractivity contribution in [1.29, 1.82) is 0 Å². The van der Waals surface area contributed by atoms with Crippen LogP contribution in [0.3, 0.4) is 0 Å². The van der Waals surface area contributed by atoms with Crippen LogP contribution in [0.4, 0.5) is 13.2 Å². The third-order valence-corrected chi connectivity index (χ3v) is 4.81. The molecular weight excluding hydrogens is 411 g/mol. The van der Waals surface area contributed by atoms with Crippen molar-refractivity contribution < 1.29 is 32.2 Å². The molecule has 2 rings (SSSR count). The Kier molecular flexibility index (Phi) is 8.47. The third-order valence-electron chi connectivity index (χ3n) is 4.81. The number of hydrogen-bond acceptors (Lipinski definition) is 4. The van der Waals surface area contributed by atoms with Crippen molar-refractivity contribution in [2.75, 3.05) is 13.7 Å². The minimum Gasteiger partial charge on any atom is -0.496 e. The summed E-state index contributed by atoms with van der Waals surface area (Å²) >= 11 is 0. The SMILES string of the molecule is CCOC(=O)C(CC)Cc1ccc(OC)c(C(=O)NCc2cccc(C(F)(F)F)c2)c1. The topological polar surface area (TPSA) is 64.6 Å². The maximum absolute atomic E-state index is 12.9. The average molecular weight is 437 g/mol. The van der Waals surface area contributed by atoms with Gasteiger partial charge in [0.2, 0.25) is 0 Å². The predicted octanol–water partition coefficient (Wildman–Crippen LogP) is 4.78. The van der Waals surface area contributed by atoms with Gasteiger partial charge in [0, 0.05) is 6.54 Å². The first-order valence-electron chi connectivity index (χ1n) is 9.97. The number of carbonyl (C=O) groups excluding carboxylic acids is 2. The van der Waals surface area contributed by atoms with Gasteiger partial charge in [0.1, 0.15) is 5.75 Å². The molecule has 0 aliphatic carbocycles. The smallest absolute Gasteiger partial charge is 0.416 e. The predicted molar refractivity (Wildman–Crippen MR) is 110 cm³/mol. The molecule has 2 aromatic carbocycles. The lowest BCUT2D eigenvalue weighted by Crippen LogP contribution is -2.24. The molecule has 0 heterocycles. The molecule has 1 N–H and O–H groups in total. The van der Waals surface area contributed by atoms with Crippen LogP contribution < -0.4 is 10.1 Å². The summed E-state index contributed by atoms with van der Waals surface area (Å²) in [5.74, 6) is -0.791. The van der Waals surface area contributed by atoms with E-state index in [-0.39, 0.29) is 24.0 Å². The second-order valence-corrected chi connectivity index (χ2v) is 6.98. The second kappa shape index (κ2) is 10.8. The summed E-state index contributed by atoms with van der Waals surface area (Å²) in [7, 11) is 1.42. The zero-order chi connectivity index (χ0) is 23.0. The van der Waals surface area contributed by atoms with Crippen molar-refractivity contribution in [3.8, 4) is 5.75 Å². The first kappa shape index (κ1) is 24.2. The van der Waals surface area contributed by atoms with Crippen molar-refractivity contribution >= 4 is 11.9 Å². The Balaban J connectivity index is 2.16. The van der Waals surface area contributed by atoms with Crippen LogP contribution in [-0.2, 0) is 28.7 Å². The number of amides is 1. The molecule has 0 radical (unpaired) electrons. The summed E-state index contributed by atoms with van der Waals surface area (Å²) in [5, 5.41) is 2.63. The highest BCUT2D eigenvalue weighted by atomic mass is 19.4. The molecule has 1 unspecified atom stereocenters. The third kappa shape index (κ3) is 6.73. The Morgan fingerprint density at radius 3 is 2.42 bits per heavy atom. The van der Waals surface area contributed by atoms with E-state index in [4.69, 9.17) is 9.47 Å². The van der Waals surface area contributed by atoms with Gasteiger partial charge < -0.3 is 14.8 Å². The monoisotopic (exact) mass is 437 g/mol. The second-order valence-electron chi connectivity index (χ2n) is 6.98. The van der Waals surface area contributed by atoms with Gasteiger partial charge in [-0.25, -0.2) is 0 Å². The van der Waals surface area contributed by atoms with Crippen LogP contribution in [0, 0.1) is 5.92 Å². The van der Waals surface area contributed by atoms with Crippen molar-refractivity contribution in [1.82, 2.24) is 5.32 Å². The summed E-state index contributed by atoms with van der Waals surface area (Å²) in [6.45, 7) is 3.84. The Labute approximate surface area is 179 Å². The molecule has 31 heavy (non-hydrogen) atoms. The molecule has 1 atom stereocenters. The highest BCUT2D eigenvalue weighted by Crippen LogP contribution is 2.29. The standard InChI is InChI=1S/C23H26F3NO4/c1-4-17(22(29)31-5-2)11-15-9-10-20(30-3)19(13-15)21(28)27-14-16-7-6-8-18(12-16)23(24,25)26/h6-10,12-13,17H,4-5,11,14H2,1-3H3,(H,27,28). The fraction of sp³-hybridized carbons (Fsp3) is 0.391. The number of carbonyl (C=O) groups is 2. The number of rotatable bonds is 9. The van der Waals surface area contributed by atoms with E-state index in [1.165, 1.54) is 19.2 Å². The first-order chi connectivity index (χ1) is 14.7. The van der Waals surface area contributed by atoms with E-state index in [0.717, 1.165) is 17.7 Å². The molecule has 168 valence electrons. The number of alkyl halides is 3. The van der Waals surface area contributed by atoms with E-state index in [1.54, 1.807) is 25.1 Å². The van der Waals surface area contributed by atoms with Crippen LogP contribution in [0.1, 0.15) is 47.3 Å². The number of hydrogen-bond donors (Lipinski definition) is 1. The van der Waals surface area contributed by atoms with E-state index in [2.05, 4.69) is 5.32 Å². The van der Waals surface area contributed by atoms with E-state index in [9.17, 15) is 22.8 Å². The zero-order valence-corrected chi connectivity index (χ0v) is 17.7. The maximum Gasteiger partial charge on any atom is 0.416 e. The van der Waals surface area contributed by atoms with Gasteiger partial charge in [0.25, 0.3) is 5.91 Å². The fourth-order valence-electron chi connectivity index (χ4n) is 3.13. The number of ether oxygens (including phenoxy) is 2. The Morgan fingerprint density at radius 1 is 1.06 bits per heavy atom. The van der Waals surface area contributed by atoms with Crippen LogP contribution in [-0.4, -0.2) is 25.6 Å². The molecule has 5 nitrogen and oxygen atoms in total. The molecule has 0 aliphatic rings. The summed E-state index contributed by atoms with van der Waals surface area (Å²) in [6, 6.07) is 9.81. The minimum atomic E-state index is -4.45. The van der Waals surface area contributed by atoms with E-state index in [0.29, 0.717) is 30.8 Å². The Hall–Kier alpha value is -3.03. The van der Waals surface area contributed by atoms with Crippen molar-refractivity contribution in [2.24, 2.45) is 5.92 Å². The number of esters is 1. The summed E-state index contributed by atoms with van der Waals surface area (Å²) in [6.07, 6.45) is -3.47. The van der Waals surface area contributed by atoms with E-state index < -0.39 is 17.6 Å². The number of benzene rings is 2. The fourth-order valence-corrected chi connectivity index (χ4v) is 3.13. The van der Waals surface area contributed by atoms with Crippen molar-refractivity contribution in [3.05, 3.63) is 64.7 Å². The first-order valence-corrected chi connectivity index (χ1v) is 9.97. The van der Waals surface area contributed by atoms with Gasteiger partial charge in [-0.2, -0.15) is 13.2 Å². The number of halogens is 3. The van der Waals surface area contributed by atoms with Gasteiger partial charge in [-0.3, -0.25) is 9.59 Å². The van der Waals surface area contributed by atoms with Crippen molar-refractivity contribution in [3.63, 3.8) is 0 Å². The summed E-state index contributed by atoms with van der Waals surface area (Å²) < 4.78 is 49.0. The van der Waals surface area contributed by atoms with Gasteiger partial charge in [0.05, 0.1) is 30.8 Å². The Morgan fingerprint density at radius 2 is 1.81 bits per heavy atom. The molecule has 0 saturated carbocycles. The molecule has 8 heteroatoms. The van der Waals surface area contributed by atoms with Gasteiger partial charge in [-0.15, -0.1) is 0 Å². The largest absolute Gasteiger partial charge is 0.496 e. The molecule has 0 aliphatic heterocycles. The highest BCUT2D eigenvalue weighted by molar-refractivity contribution is 5.97. The van der Waals surface area contributed by atoms with Crippen LogP contribution in [0.2, 0.25) is 0 Å². The van der Waals surface area contributed by atoms with Crippen LogP contribution >= 0.6 is 0 Å². The lowest BCUT2D eigenvalue weighted by atomic mass is 9.95. The quantitative estimate of drug-likeness (QED) is 0.574. The van der Waals surface area contributed by atoms with Crippen LogP contribution in [0.5, 0.6) is 5.75 Å². The molecule has 0 aromatic heterocycles. The van der Waals surface area contributed by atoms with Gasteiger partial charge >= 0.3 is 12.1 Å². The van der Waals surface area contributed by atoms with E-state index >= 15 is 0 Å². The van der Waals surface area contributed by atoms with Crippen molar-refractivity contribution in [2.45, 2.75) is 39.4 Å². The van der Waals surface area contributed by atoms with Crippen LogP contribution in [0.15, 0.2) is 42.5 Å². The Bertz CT molecular complexity index is 912. The lowest BCUT2D eigenvalue weighted by Gasteiger charge is -2.16. The molecule has 0 spiro atoms. The minimum absolute atomic E-state index is 0.0729. The molecule has 1 amide bonds. The van der Waals surface area contributed by atoms with Gasteiger partial charge in [-0.1, -0.05) is 25.1 Å². The molecule has 2 aromatic rings. The van der Waals surface area contributed by atoms with Gasteiger partial charge in [0.15, 0.2) is 0 Å². The summed E-state index contributed by atoms with van der Waals surface area (Å²) in [4.78, 5) is 24.8. The average Bonchev–Trinajstić information content (AvgIpc) is 2.75. The van der Waals surface area contributed by atoms with Crippen LogP contribution in [0.25, 0.3) is 0 Å². The maximum atomic E-state index is 12.9.